The molecule has 0 bridgehead atoms. The summed E-state index contributed by atoms with van der Waals surface area (Å²) >= 11 is 0. The second-order valence-corrected chi connectivity index (χ2v) is 6.97. The van der Waals surface area contributed by atoms with E-state index in [0.29, 0.717) is 29.6 Å². The number of halogens is 3. The monoisotopic (exact) mass is 425 g/mol. The van der Waals surface area contributed by atoms with Crippen molar-refractivity contribution in [1.82, 2.24) is 25.1 Å². The molecule has 0 fully saturated rings. The van der Waals surface area contributed by atoms with E-state index in [2.05, 4.69) is 20.4 Å². The molecule has 0 atom stereocenters. The Kier molecular flexibility index (Phi) is 5.41. The lowest BCUT2D eigenvalue weighted by Gasteiger charge is -2.11. The number of aromatic nitrogens is 4. The van der Waals surface area contributed by atoms with Crippen LogP contribution in [0.2, 0.25) is 0 Å². The summed E-state index contributed by atoms with van der Waals surface area (Å²) in [5, 5.41) is 7.50. The van der Waals surface area contributed by atoms with Crippen molar-refractivity contribution in [2.24, 2.45) is 7.05 Å². The highest BCUT2D eigenvalue weighted by Crippen LogP contribution is 2.32. The van der Waals surface area contributed by atoms with Crippen LogP contribution in [0.4, 0.5) is 13.2 Å². The molecule has 0 spiro atoms. The maximum absolute atomic E-state index is 13.1. The van der Waals surface area contributed by atoms with Crippen LogP contribution < -0.4 is 5.32 Å². The molecule has 3 aromatic heterocycles. The topological polar surface area (TPSA) is 72.7 Å². The van der Waals surface area contributed by atoms with E-state index < -0.39 is 11.7 Å². The lowest BCUT2D eigenvalue weighted by Crippen LogP contribution is -2.26. The van der Waals surface area contributed by atoms with Crippen LogP contribution in [0.5, 0.6) is 0 Å². The predicted molar refractivity (Wildman–Crippen MR) is 109 cm³/mol. The van der Waals surface area contributed by atoms with Gasteiger partial charge >= 0.3 is 6.18 Å². The summed E-state index contributed by atoms with van der Waals surface area (Å²) in [7, 11) is 1.66. The first-order valence-corrected chi connectivity index (χ1v) is 9.51. The second kappa shape index (κ2) is 8.17. The van der Waals surface area contributed by atoms with Gasteiger partial charge in [-0.2, -0.15) is 18.3 Å². The molecule has 9 heteroatoms. The SMILES string of the molecule is Cn1ncc2c(C(=O)NCCc3ccccn3)cc(-c3cccc(C(F)(F)F)c3)nc21. The molecule has 0 aliphatic rings. The highest BCUT2D eigenvalue weighted by Gasteiger charge is 2.30. The van der Waals surface area contributed by atoms with Gasteiger partial charge in [0, 0.05) is 37.5 Å². The Labute approximate surface area is 175 Å². The van der Waals surface area contributed by atoms with E-state index in [9.17, 15) is 18.0 Å². The van der Waals surface area contributed by atoms with Crippen LogP contribution in [0.1, 0.15) is 21.6 Å². The van der Waals surface area contributed by atoms with Crippen LogP contribution in [0.15, 0.2) is 60.9 Å². The fourth-order valence-corrected chi connectivity index (χ4v) is 3.25. The summed E-state index contributed by atoms with van der Waals surface area (Å²) < 4.78 is 40.9. The zero-order chi connectivity index (χ0) is 22.0. The number of carbonyl (C=O) groups excluding carboxylic acids is 1. The molecule has 0 aliphatic carbocycles. The lowest BCUT2D eigenvalue weighted by molar-refractivity contribution is -0.137. The fourth-order valence-electron chi connectivity index (χ4n) is 3.25. The van der Waals surface area contributed by atoms with Gasteiger partial charge in [0.2, 0.25) is 0 Å². The van der Waals surface area contributed by atoms with Crippen LogP contribution in [0.3, 0.4) is 0 Å². The Bertz CT molecular complexity index is 1240. The first-order chi connectivity index (χ1) is 14.8. The summed E-state index contributed by atoms with van der Waals surface area (Å²) in [6.45, 7) is 0.360. The van der Waals surface area contributed by atoms with Gasteiger partial charge in [-0.1, -0.05) is 18.2 Å². The number of carbonyl (C=O) groups is 1. The van der Waals surface area contributed by atoms with Crippen molar-refractivity contribution in [2.45, 2.75) is 12.6 Å². The molecule has 158 valence electrons. The number of aryl methyl sites for hydroxylation is 1. The Morgan fingerprint density at radius 1 is 1.13 bits per heavy atom. The Morgan fingerprint density at radius 2 is 1.97 bits per heavy atom. The number of hydrogen-bond donors (Lipinski definition) is 1. The largest absolute Gasteiger partial charge is 0.416 e. The number of hydrogen-bond acceptors (Lipinski definition) is 4. The summed E-state index contributed by atoms with van der Waals surface area (Å²) in [6.07, 6.45) is -0.723. The average Bonchev–Trinajstić information content (AvgIpc) is 3.14. The molecule has 0 saturated heterocycles. The molecule has 3 heterocycles. The summed E-state index contributed by atoms with van der Waals surface area (Å²) in [4.78, 5) is 21.6. The number of amides is 1. The molecule has 0 saturated carbocycles. The van der Waals surface area contributed by atoms with Gasteiger partial charge in [0.1, 0.15) is 0 Å². The molecule has 4 rings (SSSR count). The molecular weight excluding hydrogens is 407 g/mol. The number of nitrogens with zero attached hydrogens (tertiary/aromatic N) is 4. The minimum atomic E-state index is -4.47. The van der Waals surface area contributed by atoms with Gasteiger partial charge in [-0.25, -0.2) is 4.98 Å². The zero-order valence-corrected chi connectivity index (χ0v) is 16.5. The highest BCUT2D eigenvalue weighted by molar-refractivity contribution is 6.06. The van der Waals surface area contributed by atoms with E-state index in [0.717, 1.165) is 17.8 Å². The number of pyridine rings is 2. The van der Waals surface area contributed by atoms with Gasteiger partial charge in [0.05, 0.1) is 28.4 Å². The molecule has 1 aromatic carbocycles. The third-order valence-corrected chi connectivity index (χ3v) is 4.83. The summed E-state index contributed by atoms with van der Waals surface area (Å²) in [5.41, 5.74) is 1.29. The number of benzene rings is 1. The summed E-state index contributed by atoms with van der Waals surface area (Å²) in [6, 6.07) is 11.9. The van der Waals surface area contributed by atoms with E-state index in [1.54, 1.807) is 13.2 Å². The molecule has 31 heavy (non-hydrogen) atoms. The van der Waals surface area contributed by atoms with Crippen molar-refractivity contribution in [3.8, 4) is 11.3 Å². The van der Waals surface area contributed by atoms with E-state index in [4.69, 9.17) is 0 Å². The van der Waals surface area contributed by atoms with Crippen molar-refractivity contribution < 1.29 is 18.0 Å². The smallest absolute Gasteiger partial charge is 0.352 e. The average molecular weight is 425 g/mol. The Hall–Kier alpha value is -3.75. The third kappa shape index (κ3) is 4.40. The number of alkyl halides is 3. The molecule has 0 radical (unpaired) electrons. The standard InChI is InChI=1S/C22H18F3N5O/c1-30-20-18(13-28-30)17(21(31)27-10-8-16-7-2-3-9-26-16)12-19(29-20)14-5-4-6-15(11-14)22(23,24)25/h2-7,9,11-13H,8,10H2,1H3,(H,27,31). The van der Waals surface area contributed by atoms with Crippen LogP contribution in [-0.4, -0.2) is 32.2 Å². The highest BCUT2D eigenvalue weighted by atomic mass is 19.4. The normalized spacial score (nSPS) is 11.6. The lowest BCUT2D eigenvalue weighted by atomic mass is 10.0. The van der Waals surface area contributed by atoms with Gasteiger partial charge in [-0.05, 0) is 30.3 Å². The van der Waals surface area contributed by atoms with Gasteiger partial charge < -0.3 is 5.32 Å². The van der Waals surface area contributed by atoms with E-state index in [1.807, 2.05) is 18.2 Å². The van der Waals surface area contributed by atoms with Crippen LogP contribution in [-0.2, 0) is 19.6 Å². The van der Waals surface area contributed by atoms with Gasteiger partial charge in [0.25, 0.3) is 5.91 Å². The first-order valence-electron chi connectivity index (χ1n) is 9.51. The molecule has 4 aromatic rings. The molecule has 0 aliphatic heterocycles. The molecular formula is C22H18F3N5O. The molecule has 6 nitrogen and oxygen atoms in total. The molecule has 1 N–H and O–H groups in total. The number of nitrogens with one attached hydrogen (secondary N) is 1. The maximum Gasteiger partial charge on any atom is 0.416 e. The Balaban J connectivity index is 1.66. The Morgan fingerprint density at radius 3 is 2.71 bits per heavy atom. The minimum Gasteiger partial charge on any atom is -0.352 e. The van der Waals surface area contributed by atoms with Crippen molar-refractivity contribution in [3.63, 3.8) is 0 Å². The summed E-state index contributed by atoms with van der Waals surface area (Å²) in [5.74, 6) is -0.357. The van der Waals surface area contributed by atoms with Crippen LogP contribution in [0, 0.1) is 0 Å². The van der Waals surface area contributed by atoms with Crippen LogP contribution in [0.25, 0.3) is 22.3 Å². The van der Waals surface area contributed by atoms with Gasteiger partial charge in [0.15, 0.2) is 5.65 Å². The van der Waals surface area contributed by atoms with Crippen molar-refractivity contribution in [3.05, 3.63) is 77.7 Å². The van der Waals surface area contributed by atoms with E-state index in [1.165, 1.54) is 29.1 Å². The quantitative estimate of drug-likeness (QED) is 0.524. The minimum absolute atomic E-state index is 0.261. The third-order valence-electron chi connectivity index (χ3n) is 4.83. The first kappa shape index (κ1) is 20.5. The van der Waals surface area contributed by atoms with E-state index >= 15 is 0 Å². The predicted octanol–water partition coefficient (Wildman–Crippen LogP) is 4.02. The van der Waals surface area contributed by atoms with Gasteiger partial charge in [-0.15, -0.1) is 0 Å². The number of rotatable bonds is 5. The molecule has 0 unspecified atom stereocenters. The van der Waals surface area contributed by atoms with Crippen molar-refractivity contribution in [1.29, 1.82) is 0 Å². The molecule has 1 amide bonds. The van der Waals surface area contributed by atoms with Gasteiger partial charge in [-0.3, -0.25) is 14.5 Å². The van der Waals surface area contributed by atoms with Crippen molar-refractivity contribution >= 4 is 16.9 Å². The zero-order valence-electron chi connectivity index (χ0n) is 16.5. The fraction of sp³-hybridized carbons (Fsp3) is 0.182. The maximum atomic E-state index is 13.1. The van der Waals surface area contributed by atoms with Crippen molar-refractivity contribution in [2.75, 3.05) is 6.54 Å². The second-order valence-electron chi connectivity index (χ2n) is 6.97. The van der Waals surface area contributed by atoms with E-state index in [-0.39, 0.29) is 17.2 Å². The van der Waals surface area contributed by atoms with Crippen LogP contribution >= 0.6 is 0 Å². The number of fused-ring (bicyclic) bond motifs is 1.